The lowest BCUT2D eigenvalue weighted by Gasteiger charge is -2.22. The fourth-order valence-corrected chi connectivity index (χ4v) is 2.43. The molecule has 1 atom stereocenters. The van der Waals surface area contributed by atoms with Gasteiger partial charge >= 0.3 is 0 Å². The summed E-state index contributed by atoms with van der Waals surface area (Å²) in [5, 5.41) is 3.36. The van der Waals surface area contributed by atoms with Crippen LogP contribution in [0.4, 0.5) is 0 Å². The second kappa shape index (κ2) is 6.56. The van der Waals surface area contributed by atoms with Crippen LogP contribution in [0.15, 0.2) is 16.6 Å². The number of nitrogens with one attached hydrogen (secondary N) is 1. The van der Waals surface area contributed by atoms with E-state index in [0.717, 1.165) is 21.5 Å². The zero-order chi connectivity index (χ0) is 13.8. The third kappa shape index (κ3) is 3.39. The van der Waals surface area contributed by atoms with Gasteiger partial charge in [0.15, 0.2) is 17.8 Å². The van der Waals surface area contributed by atoms with Crippen molar-refractivity contribution in [2.45, 2.75) is 25.8 Å². The fraction of sp³-hybridized carbons (Fsp3) is 0.538. The Morgan fingerprint density at radius 3 is 2.53 bits per heavy atom. The highest BCUT2D eigenvalue weighted by Crippen LogP contribution is 2.36. The van der Waals surface area contributed by atoms with Gasteiger partial charge in [-0.05, 0) is 24.6 Å². The largest absolute Gasteiger partial charge is 0.454 e. The summed E-state index contributed by atoms with van der Waals surface area (Å²) < 4.78 is 22.1. The molecule has 0 amide bonds. The molecule has 1 aliphatic rings. The van der Waals surface area contributed by atoms with E-state index in [2.05, 4.69) is 21.2 Å². The van der Waals surface area contributed by atoms with Gasteiger partial charge in [0.2, 0.25) is 6.79 Å². The van der Waals surface area contributed by atoms with Crippen LogP contribution in [0.3, 0.4) is 0 Å². The molecule has 0 saturated heterocycles. The van der Waals surface area contributed by atoms with Crippen LogP contribution in [0.25, 0.3) is 0 Å². The number of methoxy groups -OCH3 is 2. The summed E-state index contributed by atoms with van der Waals surface area (Å²) in [6.07, 6.45) is -0.271. The standard InChI is InChI=1S/C13H18BrNO4/c1-8(13(16-2)17-3)15-6-9-4-11-12(5-10(9)14)19-7-18-11/h4-5,8,13,15H,6-7H2,1-3H3. The summed E-state index contributed by atoms with van der Waals surface area (Å²) in [6.45, 7) is 2.98. The van der Waals surface area contributed by atoms with Crippen LogP contribution < -0.4 is 14.8 Å². The first kappa shape index (κ1) is 14.6. The Morgan fingerprint density at radius 2 is 1.89 bits per heavy atom. The molecule has 106 valence electrons. The minimum absolute atomic E-state index is 0.0762. The third-order valence-corrected chi connectivity index (χ3v) is 3.77. The molecule has 0 aromatic heterocycles. The van der Waals surface area contributed by atoms with E-state index in [1.165, 1.54) is 0 Å². The Morgan fingerprint density at radius 1 is 1.26 bits per heavy atom. The lowest BCUT2D eigenvalue weighted by Crippen LogP contribution is -2.39. The van der Waals surface area contributed by atoms with E-state index < -0.39 is 0 Å². The van der Waals surface area contributed by atoms with E-state index in [1.807, 2.05) is 19.1 Å². The van der Waals surface area contributed by atoms with Crippen molar-refractivity contribution in [3.63, 3.8) is 0 Å². The van der Waals surface area contributed by atoms with Crippen molar-refractivity contribution >= 4 is 15.9 Å². The van der Waals surface area contributed by atoms with Gasteiger partial charge in [0.05, 0.1) is 6.04 Å². The van der Waals surface area contributed by atoms with Gasteiger partial charge in [0.1, 0.15) is 0 Å². The van der Waals surface area contributed by atoms with Crippen LogP contribution in [-0.2, 0) is 16.0 Å². The molecule has 1 unspecified atom stereocenters. The Labute approximate surface area is 121 Å². The minimum Gasteiger partial charge on any atom is -0.454 e. The van der Waals surface area contributed by atoms with Crippen molar-refractivity contribution in [2.75, 3.05) is 21.0 Å². The lowest BCUT2D eigenvalue weighted by atomic mass is 10.2. The molecular formula is C13H18BrNO4. The molecule has 1 heterocycles. The molecule has 2 rings (SSSR count). The second-order valence-electron chi connectivity index (χ2n) is 4.31. The first-order valence-corrected chi connectivity index (χ1v) is 6.82. The topological polar surface area (TPSA) is 49.0 Å². The van der Waals surface area contributed by atoms with Gasteiger partial charge < -0.3 is 24.3 Å². The van der Waals surface area contributed by atoms with Crippen LogP contribution >= 0.6 is 15.9 Å². The smallest absolute Gasteiger partial charge is 0.231 e. The van der Waals surface area contributed by atoms with Crippen LogP contribution in [0.1, 0.15) is 12.5 Å². The van der Waals surface area contributed by atoms with E-state index in [9.17, 15) is 0 Å². The van der Waals surface area contributed by atoms with Gasteiger partial charge in [-0.25, -0.2) is 0 Å². The summed E-state index contributed by atoms with van der Waals surface area (Å²) in [5.41, 5.74) is 1.10. The molecule has 0 saturated carbocycles. The highest BCUT2D eigenvalue weighted by atomic mass is 79.9. The normalized spacial score (nSPS) is 15.0. The Kier molecular flexibility index (Phi) is 5.04. The molecule has 0 bridgehead atoms. The van der Waals surface area contributed by atoms with Crippen LogP contribution in [0, 0.1) is 0 Å². The molecule has 1 aromatic carbocycles. The predicted molar refractivity (Wildman–Crippen MR) is 74.4 cm³/mol. The van der Waals surface area contributed by atoms with Gasteiger partial charge in [-0.3, -0.25) is 0 Å². The van der Waals surface area contributed by atoms with Crippen LogP contribution in [0.2, 0.25) is 0 Å². The summed E-state index contributed by atoms with van der Waals surface area (Å²) in [4.78, 5) is 0. The molecule has 0 spiro atoms. The van der Waals surface area contributed by atoms with Crippen LogP contribution in [-0.4, -0.2) is 33.3 Å². The van der Waals surface area contributed by atoms with E-state index in [0.29, 0.717) is 6.54 Å². The molecule has 0 fully saturated rings. The van der Waals surface area contributed by atoms with Gasteiger partial charge in [-0.2, -0.15) is 0 Å². The third-order valence-electron chi connectivity index (χ3n) is 3.03. The molecule has 0 aliphatic carbocycles. The monoisotopic (exact) mass is 331 g/mol. The molecule has 19 heavy (non-hydrogen) atoms. The Hall–Kier alpha value is -0.820. The molecule has 6 heteroatoms. The van der Waals surface area contributed by atoms with Crippen molar-refractivity contribution in [3.05, 3.63) is 22.2 Å². The van der Waals surface area contributed by atoms with Crippen molar-refractivity contribution in [3.8, 4) is 11.5 Å². The highest BCUT2D eigenvalue weighted by molar-refractivity contribution is 9.10. The van der Waals surface area contributed by atoms with Gasteiger partial charge in [-0.15, -0.1) is 0 Å². The Bertz CT molecular complexity index is 437. The van der Waals surface area contributed by atoms with Gasteiger partial charge in [0.25, 0.3) is 0 Å². The average Bonchev–Trinajstić information content (AvgIpc) is 2.84. The van der Waals surface area contributed by atoms with E-state index >= 15 is 0 Å². The quantitative estimate of drug-likeness (QED) is 0.810. The van der Waals surface area contributed by atoms with E-state index in [1.54, 1.807) is 14.2 Å². The maximum atomic E-state index is 5.37. The number of halogens is 1. The zero-order valence-corrected chi connectivity index (χ0v) is 12.8. The lowest BCUT2D eigenvalue weighted by molar-refractivity contribution is -0.119. The number of ether oxygens (including phenoxy) is 4. The summed E-state index contributed by atoms with van der Waals surface area (Å²) >= 11 is 3.53. The fourth-order valence-electron chi connectivity index (χ4n) is 1.97. The molecule has 1 aromatic rings. The Balaban J connectivity index is 2.00. The average molecular weight is 332 g/mol. The second-order valence-corrected chi connectivity index (χ2v) is 5.16. The van der Waals surface area contributed by atoms with Crippen molar-refractivity contribution < 1.29 is 18.9 Å². The molecular weight excluding hydrogens is 314 g/mol. The molecule has 1 N–H and O–H groups in total. The predicted octanol–water partition coefficient (Wildman–Crippen LogP) is 2.27. The molecule has 1 aliphatic heterocycles. The number of hydrogen-bond donors (Lipinski definition) is 1. The minimum atomic E-state index is -0.271. The van der Waals surface area contributed by atoms with Crippen LogP contribution in [0.5, 0.6) is 11.5 Å². The van der Waals surface area contributed by atoms with Gasteiger partial charge in [-0.1, -0.05) is 15.9 Å². The van der Waals surface area contributed by atoms with E-state index in [-0.39, 0.29) is 19.1 Å². The maximum absolute atomic E-state index is 5.37. The number of rotatable bonds is 6. The maximum Gasteiger partial charge on any atom is 0.231 e. The number of benzene rings is 1. The first-order valence-electron chi connectivity index (χ1n) is 6.02. The summed E-state index contributed by atoms with van der Waals surface area (Å²) in [6, 6.07) is 3.97. The summed E-state index contributed by atoms with van der Waals surface area (Å²) in [7, 11) is 3.26. The van der Waals surface area contributed by atoms with E-state index in [4.69, 9.17) is 18.9 Å². The SMILES string of the molecule is COC(OC)C(C)NCc1cc2c(cc1Br)OCO2. The van der Waals surface area contributed by atoms with Gasteiger partial charge in [0, 0.05) is 25.2 Å². The number of hydrogen-bond acceptors (Lipinski definition) is 5. The number of fused-ring (bicyclic) bond motifs is 1. The zero-order valence-electron chi connectivity index (χ0n) is 11.2. The highest BCUT2D eigenvalue weighted by Gasteiger charge is 2.18. The summed E-state index contributed by atoms with van der Waals surface area (Å²) in [5.74, 6) is 1.55. The molecule has 0 radical (unpaired) electrons. The first-order chi connectivity index (χ1) is 9.15. The molecule has 5 nitrogen and oxygen atoms in total. The van der Waals surface area contributed by atoms with Crippen molar-refractivity contribution in [1.29, 1.82) is 0 Å². The van der Waals surface area contributed by atoms with Crippen molar-refractivity contribution in [1.82, 2.24) is 5.32 Å². The van der Waals surface area contributed by atoms with Crippen molar-refractivity contribution in [2.24, 2.45) is 0 Å².